The molecule has 2 aromatic rings. The van der Waals surface area contributed by atoms with E-state index in [-0.39, 0.29) is 0 Å². The van der Waals surface area contributed by atoms with Crippen LogP contribution in [0.4, 0.5) is 5.69 Å². The molecule has 21 heavy (non-hydrogen) atoms. The molecule has 0 saturated carbocycles. The Hall–Kier alpha value is -2.11. The average Bonchev–Trinajstić information content (AvgIpc) is 2.91. The summed E-state index contributed by atoms with van der Waals surface area (Å²) < 4.78 is 7.20. The number of tetrazole rings is 1. The fourth-order valence-corrected chi connectivity index (χ4v) is 2.32. The Morgan fingerprint density at radius 2 is 2.10 bits per heavy atom. The first-order valence-electron chi connectivity index (χ1n) is 7.32. The molecular weight excluding hydrogens is 266 g/mol. The van der Waals surface area contributed by atoms with Gasteiger partial charge in [-0.2, -0.15) is 0 Å². The lowest BCUT2D eigenvalue weighted by atomic mass is 10.1. The zero-order valence-corrected chi connectivity index (χ0v) is 12.9. The standard InChI is InChI=1S/C15H23N5O/c1-11(2)7-4-5-10-20-15(17-18-19-20)12-8-6-9-13(16)14(12)21-3/h6,8-9,11H,4-5,7,10,16H2,1-3H3. The summed E-state index contributed by atoms with van der Waals surface area (Å²) in [5, 5.41) is 12.0. The molecule has 0 atom stereocenters. The number of aryl methyl sites for hydroxylation is 1. The summed E-state index contributed by atoms with van der Waals surface area (Å²) in [6.45, 7) is 5.27. The fourth-order valence-electron chi connectivity index (χ4n) is 2.32. The maximum atomic E-state index is 5.94. The van der Waals surface area contributed by atoms with Crippen LogP contribution in [0.25, 0.3) is 11.4 Å². The molecule has 1 aromatic carbocycles. The molecule has 0 amide bonds. The number of para-hydroxylation sites is 1. The highest BCUT2D eigenvalue weighted by atomic mass is 16.5. The van der Waals surface area contributed by atoms with E-state index in [0.717, 1.165) is 24.4 Å². The summed E-state index contributed by atoms with van der Waals surface area (Å²) >= 11 is 0. The summed E-state index contributed by atoms with van der Waals surface area (Å²) in [4.78, 5) is 0. The van der Waals surface area contributed by atoms with E-state index in [1.807, 2.05) is 16.8 Å². The van der Waals surface area contributed by atoms with Crippen molar-refractivity contribution in [1.82, 2.24) is 20.2 Å². The number of nitrogens with two attached hydrogens (primary N) is 1. The molecule has 2 N–H and O–H groups in total. The molecule has 0 aliphatic carbocycles. The molecule has 0 unspecified atom stereocenters. The summed E-state index contributed by atoms with van der Waals surface area (Å²) in [5.41, 5.74) is 7.35. The van der Waals surface area contributed by atoms with Crippen LogP contribution in [0.15, 0.2) is 18.2 Å². The second-order valence-electron chi connectivity index (χ2n) is 5.54. The molecule has 114 valence electrons. The molecule has 1 aromatic heterocycles. The zero-order chi connectivity index (χ0) is 15.2. The molecule has 2 rings (SSSR count). The Balaban J connectivity index is 2.15. The van der Waals surface area contributed by atoms with Gasteiger partial charge in [0.15, 0.2) is 11.6 Å². The van der Waals surface area contributed by atoms with Crippen LogP contribution in [0.1, 0.15) is 33.1 Å². The third-order valence-electron chi connectivity index (χ3n) is 3.42. The first kappa shape index (κ1) is 15.3. The number of nitrogen functional groups attached to an aromatic ring is 1. The SMILES string of the molecule is COc1c(N)cccc1-c1nnnn1CCCCC(C)C. The van der Waals surface area contributed by atoms with Crippen LogP contribution in [-0.2, 0) is 6.54 Å². The summed E-state index contributed by atoms with van der Waals surface area (Å²) in [7, 11) is 1.60. The van der Waals surface area contributed by atoms with Gasteiger partial charge in [0.05, 0.1) is 18.4 Å². The van der Waals surface area contributed by atoms with Crippen LogP contribution >= 0.6 is 0 Å². The first-order chi connectivity index (χ1) is 10.1. The van der Waals surface area contributed by atoms with Crippen LogP contribution in [-0.4, -0.2) is 27.3 Å². The van der Waals surface area contributed by atoms with E-state index >= 15 is 0 Å². The Labute approximate surface area is 125 Å². The number of aromatic nitrogens is 4. The van der Waals surface area contributed by atoms with Crippen LogP contribution in [0, 0.1) is 5.92 Å². The monoisotopic (exact) mass is 289 g/mol. The lowest BCUT2D eigenvalue weighted by molar-refractivity contribution is 0.417. The van der Waals surface area contributed by atoms with Crippen molar-refractivity contribution in [3.63, 3.8) is 0 Å². The third-order valence-corrected chi connectivity index (χ3v) is 3.42. The quantitative estimate of drug-likeness (QED) is 0.626. The van der Waals surface area contributed by atoms with E-state index < -0.39 is 0 Å². The van der Waals surface area contributed by atoms with Crippen LogP contribution in [0.5, 0.6) is 5.75 Å². The largest absolute Gasteiger partial charge is 0.494 e. The van der Waals surface area contributed by atoms with E-state index in [4.69, 9.17) is 10.5 Å². The Morgan fingerprint density at radius 3 is 2.81 bits per heavy atom. The van der Waals surface area contributed by atoms with Gasteiger partial charge in [-0.05, 0) is 34.9 Å². The summed E-state index contributed by atoms with van der Waals surface area (Å²) in [6, 6.07) is 5.61. The minimum atomic E-state index is 0.587. The number of hydrogen-bond acceptors (Lipinski definition) is 5. The predicted octanol–water partition coefficient (Wildman–Crippen LogP) is 2.76. The molecule has 0 spiro atoms. The molecule has 6 heteroatoms. The normalized spacial score (nSPS) is 11.0. The van der Waals surface area contributed by atoms with Crippen molar-refractivity contribution in [3.05, 3.63) is 18.2 Å². The van der Waals surface area contributed by atoms with Crippen molar-refractivity contribution >= 4 is 5.69 Å². The molecule has 0 radical (unpaired) electrons. The van der Waals surface area contributed by atoms with Gasteiger partial charge in [0.25, 0.3) is 0 Å². The zero-order valence-electron chi connectivity index (χ0n) is 12.9. The number of rotatable bonds is 7. The van der Waals surface area contributed by atoms with E-state index in [1.54, 1.807) is 13.2 Å². The molecule has 0 aliphatic heterocycles. The molecule has 0 bridgehead atoms. The van der Waals surface area contributed by atoms with Crippen LogP contribution in [0.2, 0.25) is 0 Å². The minimum absolute atomic E-state index is 0.587. The average molecular weight is 289 g/mol. The molecule has 1 heterocycles. The van der Waals surface area contributed by atoms with Crippen LogP contribution < -0.4 is 10.5 Å². The molecule has 0 saturated heterocycles. The van der Waals surface area contributed by atoms with Gasteiger partial charge in [-0.15, -0.1) is 5.10 Å². The smallest absolute Gasteiger partial charge is 0.185 e. The highest BCUT2D eigenvalue weighted by Gasteiger charge is 2.15. The second kappa shape index (κ2) is 7.06. The van der Waals surface area contributed by atoms with E-state index in [2.05, 4.69) is 29.4 Å². The van der Waals surface area contributed by atoms with Gasteiger partial charge in [-0.1, -0.05) is 32.8 Å². The highest BCUT2D eigenvalue weighted by molar-refractivity contribution is 5.73. The van der Waals surface area contributed by atoms with Gasteiger partial charge < -0.3 is 10.5 Å². The number of anilines is 1. The van der Waals surface area contributed by atoms with E-state index in [1.165, 1.54) is 12.8 Å². The maximum absolute atomic E-state index is 5.94. The van der Waals surface area contributed by atoms with Crippen molar-refractivity contribution < 1.29 is 4.74 Å². The Bertz CT molecular complexity index is 579. The van der Waals surface area contributed by atoms with Crippen molar-refractivity contribution in [2.24, 2.45) is 5.92 Å². The van der Waals surface area contributed by atoms with Crippen molar-refractivity contribution in [3.8, 4) is 17.1 Å². The fraction of sp³-hybridized carbons (Fsp3) is 0.533. The number of ether oxygens (including phenoxy) is 1. The van der Waals surface area contributed by atoms with Gasteiger partial charge >= 0.3 is 0 Å². The molecular formula is C15H23N5O. The van der Waals surface area contributed by atoms with E-state index in [0.29, 0.717) is 17.3 Å². The lowest BCUT2D eigenvalue weighted by Gasteiger charge is -2.11. The Morgan fingerprint density at radius 1 is 1.29 bits per heavy atom. The molecule has 0 fully saturated rings. The first-order valence-corrected chi connectivity index (χ1v) is 7.32. The summed E-state index contributed by atoms with van der Waals surface area (Å²) in [5.74, 6) is 2.05. The number of methoxy groups -OCH3 is 1. The minimum Gasteiger partial charge on any atom is -0.494 e. The van der Waals surface area contributed by atoms with Crippen LogP contribution in [0.3, 0.4) is 0 Å². The molecule has 6 nitrogen and oxygen atoms in total. The number of benzene rings is 1. The van der Waals surface area contributed by atoms with Crippen molar-refractivity contribution in [2.75, 3.05) is 12.8 Å². The number of nitrogens with zero attached hydrogens (tertiary/aromatic N) is 4. The van der Waals surface area contributed by atoms with Crippen molar-refractivity contribution in [1.29, 1.82) is 0 Å². The topological polar surface area (TPSA) is 78.8 Å². The van der Waals surface area contributed by atoms with Gasteiger partial charge in [-0.25, -0.2) is 4.68 Å². The second-order valence-corrected chi connectivity index (χ2v) is 5.54. The maximum Gasteiger partial charge on any atom is 0.185 e. The van der Waals surface area contributed by atoms with E-state index in [9.17, 15) is 0 Å². The predicted molar refractivity (Wildman–Crippen MR) is 82.9 cm³/mol. The van der Waals surface area contributed by atoms with Gasteiger partial charge in [0.1, 0.15) is 0 Å². The number of unbranched alkanes of at least 4 members (excludes halogenated alkanes) is 1. The number of hydrogen-bond donors (Lipinski definition) is 1. The lowest BCUT2D eigenvalue weighted by Crippen LogP contribution is -2.05. The van der Waals surface area contributed by atoms with Gasteiger partial charge in [0, 0.05) is 6.54 Å². The van der Waals surface area contributed by atoms with Gasteiger partial charge in [-0.3, -0.25) is 0 Å². The Kier molecular flexibility index (Phi) is 5.14. The third kappa shape index (κ3) is 3.71. The summed E-state index contributed by atoms with van der Waals surface area (Å²) in [6.07, 6.45) is 3.45. The highest BCUT2D eigenvalue weighted by Crippen LogP contribution is 2.33. The van der Waals surface area contributed by atoms with Gasteiger partial charge in [0.2, 0.25) is 0 Å². The van der Waals surface area contributed by atoms with Crippen molar-refractivity contribution in [2.45, 2.75) is 39.7 Å². The molecule has 0 aliphatic rings.